The Morgan fingerprint density at radius 2 is 0.628 bits per heavy atom. The summed E-state index contributed by atoms with van der Waals surface area (Å²) in [6, 6.07) is 56.3. The zero-order valence-corrected chi connectivity index (χ0v) is 25.4. The normalized spacial score (nSPS) is 11.3. The van der Waals surface area contributed by atoms with Gasteiger partial charge in [-0.15, -0.1) is 0 Å². The van der Waals surface area contributed by atoms with Gasteiger partial charge in [-0.3, -0.25) is 0 Å². The molecule has 0 saturated carbocycles. The summed E-state index contributed by atoms with van der Waals surface area (Å²) in [7, 11) is 0. The van der Waals surface area contributed by atoms with Crippen LogP contribution in [-0.2, 0) is 5.41 Å². The smallest absolute Gasteiger partial charge is 0.0464 e. The standard InChI is InChI=1S/C41H38N2/c1-31-25-27-37(42(33-17-9-5-10-18-33)34-19-11-6-12-20-34)29-39(31)41(3,4)40-30-38(28-26-32(40)2)43(35-21-13-7-14-22-35)36-23-15-8-16-24-36/h5-30H,1-4H3. The van der Waals surface area contributed by atoms with Gasteiger partial charge in [0.1, 0.15) is 0 Å². The number of rotatable bonds is 8. The minimum Gasteiger partial charge on any atom is -0.310 e. The van der Waals surface area contributed by atoms with Gasteiger partial charge < -0.3 is 9.80 Å². The molecule has 0 aliphatic heterocycles. The topological polar surface area (TPSA) is 6.48 Å². The number of aryl methyl sites for hydroxylation is 2. The fourth-order valence-corrected chi connectivity index (χ4v) is 6.19. The van der Waals surface area contributed by atoms with Crippen LogP contribution in [0, 0.1) is 13.8 Å². The first-order valence-electron chi connectivity index (χ1n) is 15.0. The zero-order chi connectivity index (χ0) is 29.8. The lowest BCUT2D eigenvalue weighted by atomic mass is 9.74. The second-order valence-electron chi connectivity index (χ2n) is 11.6. The van der Waals surface area contributed by atoms with Gasteiger partial charge in [0.15, 0.2) is 0 Å². The van der Waals surface area contributed by atoms with E-state index in [1.165, 1.54) is 22.3 Å². The molecule has 0 aliphatic rings. The molecule has 2 nitrogen and oxygen atoms in total. The number of hydrogen-bond acceptors (Lipinski definition) is 2. The van der Waals surface area contributed by atoms with Crippen molar-refractivity contribution >= 4 is 34.1 Å². The first-order chi connectivity index (χ1) is 20.9. The summed E-state index contributed by atoms with van der Waals surface area (Å²) >= 11 is 0. The highest BCUT2D eigenvalue weighted by atomic mass is 15.1. The van der Waals surface area contributed by atoms with E-state index in [4.69, 9.17) is 0 Å². The number of anilines is 6. The highest BCUT2D eigenvalue weighted by Crippen LogP contribution is 2.43. The average Bonchev–Trinajstić information content (AvgIpc) is 3.05. The van der Waals surface area contributed by atoms with Gasteiger partial charge in [-0.25, -0.2) is 0 Å². The van der Waals surface area contributed by atoms with Crippen LogP contribution in [0.1, 0.15) is 36.1 Å². The van der Waals surface area contributed by atoms with E-state index in [9.17, 15) is 0 Å². The SMILES string of the molecule is Cc1ccc(N(c2ccccc2)c2ccccc2)cc1C(C)(C)c1cc(N(c2ccccc2)c2ccccc2)ccc1C. The van der Waals surface area contributed by atoms with E-state index in [1.54, 1.807) is 0 Å². The third-order valence-corrected chi connectivity index (χ3v) is 8.36. The fourth-order valence-electron chi connectivity index (χ4n) is 6.19. The third-order valence-electron chi connectivity index (χ3n) is 8.36. The van der Waals surface area contributed by atoms with Crippen LogP contribution in [-0.4, -0.2) is 0 Å². The van der Waals surface area contributed by atoms with Crippen LogP contribution < -0.4 is 9.80 Å². The van der Waals surface area contributed by atoms with Gasteiger partial charge in [-0.1, -0.05) is 98.8 Å². The number of benzene rings is 6. The van der Waals surface area contributed by atoms with E-state index in [0.717, 1.165) is 34.1 Å². The van der Waals surface area contributed by atoms with Crippen molar-refractivity contribution in [2.24, 2.45) is 0 Å². The summed E-state index contributed by atoms with van der Waals surface area (Å²) in [5.41, 5.74) is 11.8. The van der Waals surface area contributed by atoms with Crippen molar-refractivity contribution in [3.05, 3.63) is 180 Å². The minimum absolute atomic E-state index is 0.252. The molecule has 0 atom stereocenters. The Kier molecular flexibility index (Phi) is 7.85. The molecule has 2 heteroatoms. The zero-order valence-electron chi connectivity index (χ0n) is 25.4. The molecule has 6 aromatic rings. The predicted molar refractivity (Wildman–Crippen MR) is 184 cm³/mol. The predicted octanol–water partition coefficient (Wildman–Crippen LogP) is 11.6. The molecular weight excluding hydrogens is 520 g/mol. The van der Waals surface area contributed by atoms with Crippen LogP contribution in [0.4, 0.5) is 34.1 Å². The fraction of sp³-hybridized carbons (Fsp3) is 0.122. The first kappa shape index (κ1) is 28.1. The molecule has 0 radical (unpaired) electrons. The summed E-state index contributed by atoms with van der Waals surface area (Å²) in [5, 5.41) is 0. The maximum absolute atomic E-state index is 2.38. The maximum atomic E-state index is 2.38. The molecule has 0 unspecified atom stereocenters. The molecule has 0 aliphatic carbocycles. The molecule has 0 bridgehead atoms. The lowest BCUT2D eigenvalue weighted by Gasteiger charge is -2.34. The molecule has 212 valence electrons. The number of nitrogens with zero attached hydrogens (tertiary/aromatic N) is 2. The molecule has 6 aromatic carbocycles. The molecule has 0 aromatic heterocycles. The van der Waals surface area contributed by atoms with Gasteiger partial charge >= 0.3 is 0 Å². The van der Waals surface area contributed by atoms with Crippen molar-refractivity contribution in [2.75, 3.05) is 9.80 Å². The van der Waals surface area contributed by atoms with Crippen molar-refractivity contribution in [1.29, 1.82) is 0 Å². The Balaban J connectivity index is 1.48. The minimum atomic E-state index is -0.252. The van der Waals surface area contributed by atoms with Crippen molar-refractivity contribution < 1.29 is 0 Å². The van der Waals surface area contributed by atoms with E-state index in [-0.39, 0.29) is 5.41 Å². The Morgan fingerprint density at radius 3 is 0.907 bits per heavy atom. The molecule has 0 saturated heterocycles. The van der Waals surface area contributed by atoms with E-state index in [1.807, 2.05) is 0 Å². The highest BCUT2D eigenvalue weighted by Gasteiger charge is 2.29. The molecular formula is C41H38N2. The Morgan fingerprint density at radius 1 is 0.349 bits per heavy atom. The van der Waals surface area contributed by atoms with Gasteiger partial charge in [-0.05, 0) is 109 Å². The molecule has 43 heavy (non-hydrogen) atoms. The van der Waals surface area contributed by atoms with E-state index >= 15 is 0 Å². The highest BCUT2D eigenvalue weighted by molar-refractivity contribution is 5.79. The van der Waals surface area contributed by atoms with E-state index in [2.05, 4.69) is 195 Å². The number of hydrogen-bond donors (Lipinski definition) is 0. The average molecular weight is 559 g/mol. The van der Waals surface area contributed by atoms with Crippen LogP contribution in [0.2, 0.25) is 0 Å². The Hall–Kier alpha value is -5.08. The van der Waals surface area contributed by atoms with Crippen LogP contribution in [0.3, 0.4) is 0 Å². The summed E-state index contributed by atoms with van der Waals surface area (Å²) in [6.45, 7) is 9.18. The van der Waals surface area contributed by atoms with Crippen LogP contribution >= 0.6 is 0 Å². The quantitative estimate of drug-likeness (QED) is 0.183. The lowest BCUT2D eigenvalue weighted by molar-refractivity contribution is 0.631. The lowest BCUT2D eigenvalue weighted by Crippen LogP contribution is -2.23. The first-order valence-corrected chi connectivity index (χ1v) is 15.0. The van der Waals surface area contributed by atoms with Crippen molar-refractivity contribution in [3.8, 4) is 0 Å². The van der Waals surface area contributed by atoms with E-state index < -0.39 is 0 Å². The molecule has 0 heterocycles. The Labute approximate surface area is 256 Å². The van der Waals surface area contributed by atoms with Crippen molar-refractivity contribution in [3.63, 3.8) is 0 Å². The summed E-state index contributed by atoms with van der Waals surface area (Å²) < 4.78 is 0. The van der Waals surface area contributed by atoms with Crippen LogP contribution in [0.15, 0.2) is 158 Å². The molecule has 6 rings (SSSR count). The second kappa shape index (κ2) is 12.0. The summed E-state index contributed by atoms with van der Waals surface area (Å²) in [6.07, 6.45) is 0. The van der Waals surface area contributed by atoms with Gasteiger partial charge in [-0.2, -0.15) is 0 Å². The third kappa shape index (κ3) is 5.69. The van der Waals surface area contributed by atoms with Gasteiger partial charge in [0.05, 0.1) is 0 Å². The van der Waals surface area contributed by atoms with Crippen LogP contribution in [0.25, 0.3) is 0 Å². The van der Waals surface area contributed by atoms with Gasteiger partial charge in [0.25, 0.3) is 0 Å². The summed E-state index contributed by atoms with van der Waals surface area (Å²) in [5.74, 6) is 0. The van der Waals surface area contributed by atoms with Crippen molar-refractivity contribution in [1.82, 2.24) is 0 Å². The number of para-hydroxylation sites is 4. The van der Waals surface area contributed by atoms with E-state index in [0.29, 0.717) is 0 Å². The monoisotopic (exact) mass is 558 g/mol. The maximum Gasteiger partial charge on any atom is 0.0464 e. The molecule has 0 N–H and O–H groups in total. The summed E-state index contributed by atoms with van der Waals surface area (Å²) in [4.78, 5) is 4.68. The van der Waals surface area contributed by atoms with Gasteiger partial charge in [0.2, 0.25) is 0 Å². The van der Waals surface area contributed by atoms with Gasteiger partial charge in [0, 0.05) is 39.5 Å². The largest absolute Gasteiger partial charge is 0.310 e. The molecule has 0 spiro atoms. The van der Waals surface area contributed by atoms with Crippen LogP contribution in [0.5, 0.6) is 0 Å². The molecule has 0 fully saturated rings. The second-order valence-corrected chi connectivity index (χ2v) is 11.6. The molecule has 0 amide bonds. The van der Waals surface area contributed by atoms with Crippen molar-refractivity contribution in [2.45, 2.75) is 33.1 Å². The Bertz CT molecular complexity index is 1580.